The first-order valence-corrected chi connectivity index (χ1v) is 14.8. The van der Waals surface area contributed by atoms with Gasteiger partial charge in [-0.15, -0.1) is 5.10 Å². The first-order valence-electron chi connectivity index (χ1n) is 14.8. The highest BCUT2D eigenvalue weighted by Crippen LogP contribution is 2.48. The van der Waals surface area contributed by atoms with Crippen LogP contribution in [0, 0.1) is 12.5 Å². The molecule has 3 aromatic rings. The van der Waals surface area contributed by atoms with Crippen molar-refractivity contribution >= 4 is 17.7 Å². The Kier molecular flexibility index (Phi) is 8.57. The van der Waals surface area contributed by atoms with Crippen molar-refractivity contribution in [1.82, 2.24) is 35.7 Å². The standard InChI is InChI=1S/C32H38N8O3/c1-20(8-15-28(41)40-16-6-7-27(40)33-2)19-32(31-36-37-38-39(31)5)25-13-11-23(29(42)34-3)17-21(25)9-10-22-18-24(30(43)35-4)12-14-26(22)32/h11-14,17-18,20,27H,6-10,15-16,19H2,1,3-5H3,(H,34,42)(H,35,43)/t20-,27+/m1/s1. The van der Waals surface area contributed by atoms with E-state index in [0.717, 1.165) is 35.1 Å². The Bertz CT molecular complexity index is 1520. The van der Waals surface area contributed by atoms with Gasteiger partial charge < -0.3 is 10.6 Å². The van der Waals surface area contributed by atoms with E-state index in [0.29, 0.717) is 55.6 Å². The second kappa shape index (κ2) is 12.3. The molecule has 2 aromatic carbocycles. The SMILES string of the molecule is [C-]#[N+][C@@H]1CCCN1C(=O)CC[C@@H](C)CC1(c2nnnn2C)c2ccc(C(=O)NC)cc2CCc2cc(C(=O)NC)ccc21. The van der Waals surface area contributed by atoms with Gasteiger partial charge in [0.25, 0.3) is 11.8 Å². The van der Waals surface area contributed by atoms with E-state index in [9.17, 15) is 14.4 Å². The molecule has 2 aliphatic rings. The number of tetrazole rings is 1. The van der Waals surface area contributed by atoms with Gasteiger partial charge in [-0.3, -0.25) is 24.1 Å². The molecular weight excluding hydrogens is 544 g/mol. The van der Waals surface area contributed by atoms with Crippen molar-refractivity contribution in [3.05, 3.63) is 87.0 Å². The lowest BCUT2D eigenvalue weighted by Gasteiger charge is -2.37. The molecule has 224 valence electrons. The fourth-order valence-corrected chi connectivity index (χ4v) is 6.87. The summed E-state index contributed by atoms with van der Waals surface area (Å²) >= 11 is 0. The van der Waals surface area contributed by atoms with Crippen molar-refractivity contribution in [1.29, 1.82) is 0 Å². The molecule has 1 fully saturated rings. The van der Waals surface area contributed by atoms with Crippen molar-refractivity contribution in [3.63, 3.8) is 0 Å². The number of hydrogen-bond acceptors (Lipinski definition) is 6. The summed E-state index contributed by atoms with van der Waals surface area (Å²) in [6.45, 7) is 10.2. The maximum Gasteiger partial charge on any atom is 0.300 e. The van der Waals surface area contributed by atoms with Crippen LogP contribution >= 0.6 is 0 Å². The highest BCUT2D eigenvalue weighted by atomic mass is 16.2. The van der Waals surface area contributed by atoms with E-state index >= 15 is 0 Å². The lowest BCUT2D eigenvalue weighted by molar-refractivity contribution is -0.131. The van der Waals surface area contributed by atoms with Gasteiger partial charge in [-0.25, -0.2) is 11.3 Å². The molecule has 1 saturated heterocycles. The minimum Gasteiger partial charge on any atom is -0.355 e. The van der Waals surface area contributed by atoms with Crippen LogP contribution in [-0.4, -0.2) is 69.6 Å². The average Bonchev–Trinajstić information content (AvgIpc) is 3.67. The molecule has 11 nitrogen and oxygen atoms in total. The van der Waals surface area contributed by atoms with Crippen LogP contribution in [0.1, 0.15) is 87.8 Å². The van der Waals surface area contributed by atoms with Gasteiger partial charge in [-0.05, 0) is 95.0 Å². The second-order valence-corrected chi connectivity index (χ2v) is 11.6. The molecule has 1 aliphatic carbocycles. The van der Waals surface area contributed by atoms with Crippen LogP contribution in [0.5, 0.6) is 0 Å². The number of carbonyl (C=O) groups is 3. The number of benzene rings is 2. The van der Waals surface area contributed by atoms with Crippen molar-refractivity contribution in [2.75, 3.05) is 20.6 Å². The van der Waals surface area contributed by atoms with E-state index in [1.165, 1.54) is 0 Å². The Morgan fingerprint density at radius 3 is 2.16 bits per heavy atom. The number of amides is 3. The molecule has 0 radical (unpaired) electrons. The summed E-state index contributed by atoms with van der Waals surface area (Å²) in [4.78, 5) is 43.8. The van der Waals surface area contributed by atoms with E-state index in [2.05, 4.69) is 37.9 Å². The zero-order valence-corrected chi connectivity index (χ0v) is 25.2. The Morgan fingerprint density at radius 1 is 1.05 bits per heavy atom. The van der Waals surface area contributed by atoms with Gasteiger partial charge >= 0.3 is 6.17 Å². The van der Waals surface area contributed by atoms with E-state index in [1.54, 1.807) is 23.7 Å². The summed E-state index contributed by atoms with van der Waals surface area (Å²) < 4.78 is 1.70. The molecule has 1 aliphatic heterocycles. The lowest BCUT2D eigenvalue weighted by atomic mass is 9.66. The zero-order valence-electron chi connectivity index (χ0n) is 25.2. The van der Waals surface area contributed by atoms with Crippen molar-refractivity contribution < 1.29 is 14.4 Å². The summed E-state index contributed by atoms with van der Waals surface area (Å²) in [6, 6.07) is 11.6. The molecule has 2 atom stereocenters. The normalized spacial score (nSPS) is 17.7. The maximum absolute atomic E-state index is 13.2. The Morgan fingerprint density at radius 2 is 1.65 bits per heavy atom. The first-order chi connectivity index (χ1) is 20.7. The number of nitrogens with zero attached hydrogens (tertiary/aromatic N) is 6. The van der Waals surface area contributed by atoms with Gasteiger partial charge in [0.15, 0.2) is 5.82 Å². The minimum atomic E-state index is -0.809. The van der Waals surface area contributed by atoms with Crippen LogP contribution in [0.4, 0.5) is 0 Å². The quantitative estimate of drug-likeness (QED) is 0.393. The topological polar surface area (TPSA) is 126 Å². The molecular formula is C32H38N8O3. The number of nitrogens with one attached hydrogen (secondary N) is 2. The maximum atomic E-state index is 13.2. The predicted molar refractivity (Wildman–Crippen MR) is 160 cm³/mol. The van der Waals surface area contributed by atoms with Crippen molar-refractivity contribution in [2.24, 2.45) is 13.0 Å². The fraction of sp³-hybridized carbons (Fsp3) is 0.469. The van der Waals surface area contributed by atoms with Gasteiger partial charge in [0.1, 0.15) is 0 Å². The number of carbonyl (C=O) groups excluding carboxylic acids is 3. The summed E-state index contributed by atoms with van der Waals surface area (Å²) in [7, 11) is 5.06. The van der Waals surface area contributed by atoms with Crippen LogP contribution in [0.15, 0.2) is 36.4 Å². The molecule has 11 heteroatoms. The third-order valence-corrected chi connectivity index (χ3v) is 8.97. The molecule has 0 bridgehead atoms. The van der Waals surface area contributed by atoms with E-state index in [1.807, 2.05) is 43.4 Å². The predicted octanol–water partition coefficient (Wildman–Crippen LogP) is 3.04. The van der Waals surface area contributed by atoms with Gasteiger partial charge in [0.05, 0.1) is 5.41 Å². The summed E-state index contributed by atoms with van der Waals surface area (Å²) in [6.07, 6.45) is 4.14. The highest BCUT2D eigenvalue weighted by Gasteiger charge is 2.46. The molecule has 2 heterocycles. The summed E-state index contributed by atoms with van der Waals surface area (Å²) in [5.74, 6) is 0.411. The third kappa shape index (κ3) is 5.49. The van der Waals surface area contributed by atoms with Gasteiger partial charge in [0, 0.05) is 51.7 Å². The molecule has 2 N–H and O–H groups in total. The average molecular weight is 583 g/mol. The molecule has 0 spiro atoms. The van der Waals surface area contributed by atoms with Crippen molar-refractivity contribution in [3.8, 4) is 0 Å². The van der Waals surface area contributed by atoms with E-state index in [-0.39, 0.29) is 29.8 Å². The van der Waals surface area contributed by atoms with Crippen LogP contribution in [-0.2, 0) is 30.1 Å². The first kappa shape index (κ1) is 29.9. The zero-order chi connectivity index (χ0) is 30.7. The molecule has 1 aromatic heterocycles. The van der Waals surface area contributed by atoms with Gasteiger partial charge in [-0.2, -0.15) is 0 Å². The van der Waals surface area contributed by atoms with Crippen molar-refractivity contribution in [2.45, 2.75) is 63.5 Å². The van der Waals surface area contributed by atoms with E-state index < -0.39 is 5.41 Å². The molecule has 5 rings (SSSR count). The second-order valence-electron chi connectivity index (χ2n) is 11.6. The van der Waals surface area contributed by atoms with Gasteiger partial charge in [-0.1, -0.05) is 19.1 Å². The number of rotatable bonds is 8. The summed E-state index contributed by atoms with van der Waals surface area (Å²) in [5, 5.41) is 18.3. The number of fused-ring (bicyclic) bond motifs is 2. The van der Waals surface area contributed by atoms with Crippen LogP contribution in [0.3, 0.4) is 0 Å². The number of likely N-dealkylation sites (tertiary alicyclic amines) is 1. The Labute approximate surface area is 251 Å². The van der Waals surface area contributed by atoms with Crippen LogP contribution in [0.25, 0.3) is 4.85 Å². The van der Waals surface area contributed by atoms with Crippen LogP contribution < -0.4 is 10.6 Å². The van der Waals surface area contributed by atoms with Gasteiger partial charge in [0.2, 0.25) is 5.91 Å². The number of hydrogen-bond donors (Lipinski definition) is 2. The lowest BCUT2D eigenvalue weighted by Crippen LogP contribution is -2.37. The monoisotopic (exact) mass is 582 g/mol. The number of aryl methyl sites for hydroxylation is 3. The fourth-order valence-electron chi connectivity index (χ4n) is 6.87. The Hall–Kier alpha value is -4.59. The number of aromatic nitrogens is 4. The highest BCUT2D eigenvalue weighted by molar-refractivity contribution is 5.95. The molecule has 43 heavy (non-hydrogen) atoms. The molecule has 0 saturated carbocycles. The van der Waals surface area contributed by atoms with Crippen LogP contribution in [0.2, 0.25) is 0 Å². The van der Waals surface area contributed by atoms with E-state index in [4.69, 9.17) is 6.57 Å². The smallest absolute Gasteiger partial charge is 0.300 e. The molecule has 0 unspecified atom stereocenters. The largest absolute Gasteiger partial charge is 0.355 e. The summed E-state index contributed by atoms with van der Waals surface area (Å²) in [5.41, 5.74) is 4.38. The third-order valence-electron chi connectivity index (χ3n) is 8.97. The molecule has 3 amide bonds. The minimum absolute atomic E-state index is 0.0202. The Balaban J connectivity index is 1.62.